The van der Waals surface area contributed by atoms with Gasteiger partial charge in [0.25, 0.3) is 0 Å². The largest absolute Gasteiger partial charge is 0.338 e. The van der Waals surface area contributed by atoms with Crippen molar-refractivity contribution in [2.45, 2.75) is 19.4 Å². The predicted octanol–water partition coefficient (Wildman–Crippen LogP) is 3.16. The Kier molecular flexibility index (Phi) is 2.13. The maximum absolute atomic E-state index is 4.07. The van der Waals surface area contributed by atoms with E-state index in [0.717, 1.165) is 6.42 Å². The minimum Gasteiger partial charge on any atom is -0.338 e. The molecule has 2 aromatic rings. The number of para-hydroxylation sites is 1. The molecule has 0 bridgehead atoms. The average Bonchev–Trinajstić information content (AvgIpc) is 2.66. The number of nitrogens with zero attached hydrogens (tertiary/aromatic N) is 2. The van der Waals surface area contributed by atoms with E-state index in [-0.39, 0.29) is 0 Å². The monoisotopic (exact) mass is 210 g/mol. The van der Waals surface area contributed by atoms with Gasteiger partial charge in [-0.2, -0.15) is 0 Å². The first-order chi connectivity index (χ1) is 7.86. The Morgan fingerprint density at radius 1 is 1.12 bits per heavy atom. The lowest BCUT2D eigenvalue weighted by Crippen LogP contribution is -2.23. The van der Waals surface area contributed by atoms with E-state index < -0.39 is 0 Å². The molecule has 0 fully saturated rings. The predicted molar refractivity (Wildman–Crippen MR) is 66.0 cm³/mol. The molecule has 0 spiro atoms. The number of anilines is 2. The van der Waals surface area contributed by atoms with Gasteiger partial charge in [-0.25, -0.2) is 0 Å². The maximum Gasteiger partial charge on any atom is 0.0446 e. The molecule has 0 amide bonds. The molecule has 0 aliphatic carbocycles. The smallest absolute Gasteiger partial charge is 0.0446 e. The molecule has 0 saturated carbocycles. The Morgan fingerprint density at radius 2 is 1.88 bits per heavy atom. The van der Waals surface area contributed by atoms with Crippen molar-refractivity contribution in [3.05, 3.63) is 54.4 Å². The van der Waals surface area contributed by atoms with Gasteiger partial charge in [-0.1, -0.05) is 18.2 Å². The van der Waals surface area contributed by atoms with Gasteiger partial charge in [0, 0.05) is 29.8 Å². The van der Waals surface area contributed by atoms with Gasteiger partial charge in [0.2, 0.25) is 0 Å². The molecule has 1 aliphatic rings. The Morgan fingerprint density at radius 3 is 2.69 bits per heavy atom. The molecule has 1 aromatic heterocycles. The summed E-state index contributed by atoms with van der Waals surface area (Å²) in [6.07, 6.45) is 4.82. The molecule has 1 aliphatic heterocycles. The molecule has 80 valence electrons. The van der Waals surface area contributed by atoms with Crippen molar-refractivity contribution in [3.63, 3.8) is 0 Å². The van der Waals surface area contributed by atoms with Gasteiger partial charge in [0.1, 0.15) is 0 Å². The van der Waals surface area contributed by atoms with Gasteiger partial charge in [0.05, 0.1) is 0 Å². The molecule has 0 saturated heterocycles. The third kappa shape index (κ3) is 1.38. The summed E-state index contributed by atoms with van der Waals surface area (Å²) in [6.45, 7) is 2.26. The summed E-state index contributed by atoms with van der Waals surface area (Å²) in [4.78, 5) is 6.46. The molecule has 16 heavy (non-hydrogen) atoms. The van der Waals surface area contributed by atoms with Crippen molar-refractivity contribution in [1.82, 2.24) is 4.98 Å². The number of benzene rings is 1. The van der Waals surface area contributed by atoms with Crippen LogP contribution in [0.3, 0.4) is 0 Å². The van der Waals surface area contributed by atoms with Crippen LogP contribution in [0.15, 0.2) is 48.8 Å². The number of aromatic nitrogens is 1. The van der Waals surface area contributed by atoms with E-state index in [1.807, 2.05) is 12.4 Å². The Balaban J connectivity index is 2.09. The number of rotatable bonds is 1. The zero-order chi connectivity index (χ0) is 11.0. The molecule has 1 atom stereocenters. The van der Waals surface area contributed by atoms with Gasteiger partial charge >= 0.3 is 0 Å². The van der Waals surface area contributed by atoms with Crippen LogP contribution in [0.25, 0.3) is 0 Å². The van der Waals surface area contributed by atoms with Gasteiger partial charge in [-0.3, -0.25) is 4.98 Å². The molecule has 3 rings (SSSR count). The Bertz CT molecular complexity index is 493. The quantitative estimate of drug-likeness (QED) is 0.718. The SMILES string of the molecule is C[C@@H]1Cc2ccccc2N1c1ccncc1. The fraction of sp³-hybridized carbons (Fsp3) is 0.214. The van der Waals surface area contributed by atoms with E-state index in [0.29, 0.717) is 6.04 Å². The van der Waals surface area contributed by atoms with Gasteiger partial charge < -0.3 is 4.90 Å². The molecule has 0 unspecified atom stereocenters. The van der Waals surface area contributed by atoms with Crippen LogP contribution in [0, 0.1) is 0 Å². The van der Waals surface area contributed by atoms with Crippen LogP contribution in [0.4, 0.5) is 11.4 Å². The van der Waals surface area contributed by atoms with Crippen molar-refractivity contribution in [2.75, 3.05) is 4.90 Å². The highest BCUT2D eigenvalue weighted by molar-refractivity contribution is 5.70. The normalized spacial score (nSPS) is 18.6. The highest BCUT2D eigenvalue weighted by Gasteiger charge is 2.26. The van der Waals surface area contributed by atoms with Crippen molar-refractivity contribution >= 4 is 11.4 Å². The summed E-state index contributed by atoms with van der Waals surface area (Å²) in [5.74, 6) is 0. The standard InChI is InChI=1S/C14H14N2/c1-11-10-12-4-2-3-5-14(12)16(11)13-6-8-15-9-7-13/h2-9,11H,10H2,1H3/t11-/m1/s1. The molecule has 0 radical (unpaired) electrons. The topological polar surface area (TPSA) is 16.1 Å². The fourth-order valence-electron chi connectivity index (χ4n) is 2.46. The molecule has 2 heterocycles. The third-order valence-electron chi connectivity index (χ3n) is 3.15. The highest BCUT2D eigenvalue weighted by atomic mass is 15.2. The van der Waals surface area contributed by atoms with Crippen molar-refractivity contribution in [3.8, 4) is 0 Å². The van der Waals surface area contributed by atoms with E-state index >= 15 is 0 Å². The van der Waals surface area contributed by atoms with Crippen LogP contribution in [0.1, 0.15) is 12.5 Å². The number of fused-ring (bicyclic) bond motifs is 1. The second-order valence-corrected chi connectivity index (χ2v) is 4.26. The zero-order valence-electron chi connectivity index (χ0n) is 9.30. The summed E-state index contributed by atoms with van der Waals surface area (Å²) in [5, 5.41) is 0. The Labute approximate surface area is 95.6 Å². The Hall–Kier alpha value is -1.83. The zero-order valence-corrected chi connectivity index (χ0v) is 9.30. The van der Waals surface area contributed by atoms with E-state index in [1.165, 1.54) is 16.9 Å². The first-order valence-corrected chi connectivity index (χ1v) is 5.63. The summed E-state index contributed by atoms with van der Waals surface area (Å²) in [7, 11) is 0. The molecular weight excluding hydrogens is 196 g/mol. The summed E-state index contributed by atoms with van der Waals surface area (Å²) >= 11 is 0. The molecular formula is C14H14N2. The molecule has 1 aromatic carbocycles. The van der Waals surface area contributed by atoms with Gasteiger partial charge in [-0.15, -0.1) is 0 Å². The van der Waals surface area contributed by atoms with E-state index in [1.54, 1.807) is 0 Å². The molecule has 0 N–H and O–H groups in total. The van der Waals surface area contributed by atoms with Crippen LogP contribution in [0.2, 0.25) is 0 Å². The highest BCUT2D eigenvalue weighted by Crippen LogP contribution is 2.37. The fourth-order valence-corrected chi connectivity index (χ4v) is 2.46. The minimum absolute atomic E-state index is 0.528. The minimum atomic E-state index is 0.528. The lowest BCUT2D eigenvalue weighted by Gasteiger charge is -2.24. The van der Waals surface area contributed by atoms with Crippen LogP contribution in [-0.4, -0.2) is 11.0 Å². The first-order valence-electron chi connectivity index (χ1n) is 5.63. The van der Waals surface area contributed by atoms with Crippen LogP contribution in [-0.2, 0) is 6.42 Å². The third-order valence-corrected chi connectivity index (χ3v) is 3.15. The molecule has 2 nitrogen and oxygen atoms in total. The summed E-state index contributed by atoms with van der Waals surface area (Å²) in [6, 6.07) is 13.3. The van der Waals surface area contributed by atoms with Crippen molar-refractivity contribution in [2.24, 2.45) is 0 Å². The van der Waals surface area contributed by atoms with Crippen molar-refractivity contribution in [1.29, 1.82) is 0 Å². The number of hydrogen-bond acceptors (Lipinski definition) is 2. The number of pyridine rings is 1. The lowest BCUT2D eigenvalue weighted by molar-refractivity contribution is 0.758. The van der Waals surface area contributed by atoms with E-state index in [2.05, 4.69) is 53.2 Å². The lowest BCUT2D eigenvalue weighted by atomic mass is 10.1. The first kappa shape index (κ1) is 9.40. The maximum atomic E-state index is 4.07. The van der Waals surface area contributed by atoms with Crippen LogP contribution < -0.4 is 4.90 Å². The van der Waals surface area contributed by atoms with Gasteiger partial charge in [-0.05, 0) is 37.1 Å². The second kappa shape index (κ2) is 3.63. The van der Waals surface area contributed by atoms with Crippen LogP contribution in [0.5, 0.6) is 0 Å². The average molecular weight is 210 g/mol. The van der Waals surface area contributed by atoms with Crippen molar-refractivity contribution < 1.29 is 0 Å². The van der Waals surface area contributed by atoms with Gasteiger partial charge in [0.15, 0.2) is 0 Å². The van der Waals surface area contributed by atoms with Crippen LogP contribution >= 0.6 is 0 Å². The second-order valence-electron chi connectivity index (χ2n) is 4.26. The summed E-state index contributed by atoms with van der Waals surface area (Å²) < 4.78 is 0. The van der Waals surface area contributed by atoms with E-state index in [4.69, 9.17) is 0 Å². The van der Waals surface area contributed by atoms with E-state index in [9.17, 15) is 0 Å². The molecule has 2 heteroatoms. The number of hydrogen-bond donors (Lipinski definition) is 0. The summed E-state index contributed by atoms with van der Waals surface area (Å²) in [5.41, 5.74) is 4.00.